The molecule has 0 aromatic heterocycles. The molecule has 2 aliphatic carbocycles. The Morgan fingerprint density at radius 2 is 2.25 bits per heavy atom. The fourth-order valence-electron chi connectivity index (χ4n) is 3.33. The Bertz CT molecular complexity index is 254. The normalized spacial score (nSPS) is 34.0. The Labute approximate surface area is 98.2 Å². The van der Waals surface area contributed by atoms with E-state index in [1.807, 2.05) is 6.92 Å². The van der Waals surface area contributed by atoms with E-state index in [1.165, 1.54) is 25.7 Å². The van der Waals surface area contributed by atoms with Crippen LogP contribution in [0.15, 0.2) is 0 Å². The van der Waals surface area contributed by atoms with Crippen LogP contribution < -0.4 is 11.1 Å². The second-order valence-corrected chi connectivity index (χ2v) is 5.61. The molecule has 16 heavy (non-hydrogen) atoms. The van der Waals surface area contributed by atoms with Gasteiger partial charge in [0.15, 0.2) is 0 Å². The minimum Gasteiger partial charge on any atom is -0.355 e. The highest BCUT2D eigenvalue weighted by atomic mass is 16.1. The monoisotopic (exact) mass is 224 g/mol. The highest BCUT2D eigenvalue weighted by Crippen LogP contribution is 2.49. The van der Waals surface area contributed by atoms with Gasteiger partial charge in [0.2, 0.25) is 5.91 Å². The summed E-state index contributed by atoms with van der Waals surface area (Å²) in [6.45, 7) is 2.68. The largest absolute Gasteiger partial charge is 0.355 e. The summed E-state index contributed by atoms with van der Waals surface area (Å²) in [6, 6.07) is 0.115. The first-order valence-electron chi connectivity index (χ1n) is 6.71. The molecule has 2 aliphatic rings. The van der Waals surface area contributed by atoms with Gasteiger partial charge in [0.25, 0.3) is 0 Å². The average molecular weight is 224 g/mol. The minimum absolute atomic E-state index is 0.115. The molecular weight excluding hydrogens is 200 g/mol. The summed E-state index contributed by atoms with van der Waals surface area (Å²) in [5, 5.41) is 2.96. The van der Waals surface area contributed by atoms with Gasteiger partial charge < -0.3 is 11.1 Å². The van der Waals surface area contributed by atoms with Crippen molar-refractivity contribution in [3.8, 4) is 0 Å². The Morgan fingerprint density at radius 3 is 2.81 bits per heavy atom. The average Bonchev–Trinajstić information content (AvgIpc) is 2.87. The van der Waals surface area contributed by atoms with Crippen molar-refractivity contribution in [3.63, 3.8) is 0 Å². The van der Waals surface area contributed by atoms with Crippen LogP contribution in [0.5, 0.6) is 0 Å². The van der Waals surface area contributed by atoms with Crippen LogP contribution >= 0.6 is 0 Å². The number of carbonyl (C=O) groups is 1. The number of rotatable bonds is 5. The summed E-state index contributed by atoms with van der Waals surface area (Å²) >= 11 is 0. The molecule has 0 saturated heterocycles. The zero-order valence-corrected chi connectivity index (χ0v) is 10.2. The molecule has 2 saturated carbocycles. The second kappa shape index (κ2) is 5.17. The van der Waals surface area contributed by atoms with Crippen molar-refractivity contribution in [1.29, 1.82) is 0 Å². The van der Waals surface area contributed by atoms with Crippen molar-refractivity contribution in [3.05, 3.63) is 0 Å². The lowest BCUT2D eigenvalue weighted by Crippen LogP contribution is -2.37. The van der Waals surface area contributed by atoms with Gasteiger partial charge in [-0.1, -0.05) is 13.3 Å². The van der Waals surface area contributed by atoms with E-state index >= 15 is 0 Å². The maximum atomic E-state index is 11.7. The molecule has 3 N–H and O–H groups in total. The van der Waals surface area contributed by atoms with Crippen molar-refractivity contribution in [2.75, 3.05) is 6.54 Å². The Balaban J connectivity index is 1.67. The lowest BCUT2D eigenvalue weighted by Gasteiger charge is -2.21. The first-order chi connectivity index (χ1) is 7.69. The summed E-state index contributed by atoms with van der Waals surface area (Å²) in [4.78, 5) is 11.7. The van der Waals surface area contributed by atoms with Crippen molar-refractivity contribution < 1.29 is 4.79 Å². The maximum absolute atomic E-state index is 11.7. The lowest BCUT2D eigenvalue weighted by atomic mass is 9.86. The van der Waals surface area contributed by atoms with Crippen LogP contribution in [0.1, 0.15) is 45.4 Å². The van der Waals surface area contributed by atoms with E-state index in [2.05, 4.69) is 5.32 Å². The van der Waals surface area contributed by atoms with Gasteiger partial charge in [0.1, 0.15) is 0 Å². The molecule has 0 heterocycles. The smallest absolute Gasteiger partial charge is 0.220 e. The summed E-state index contributed by atoms with van der Waals surface area (Å²) < 4.78 is 0. The number of amides is 1. The predicted molar refractivity (Wildman–Crippen MR) is 64.8 cm³/mol. The number of nitrogens with two attached hydrogens (primary N) is 1. The van der Waals surface area contributed by atoms with Gasteiger partial charge in [-0.25, -0.2) is 0 Å². The number of nitrogens with one attached hydrogen (secondary N) is 1. The molecule has 3 nitrogen and oxygen atoms in total. The zero-order chi connectivity index (χ0) is 11.5. The molecular formula is C13H24N2O. The molecule has 4 atom stereocenters. The molecule has 1 amide bonds. The number of hydrogen-bond donors (Lipinski definition) is 2. The third kappa shape index (κ3) is 2.76. The van der Waals surface area contributed by atoms with E-state index in [1.54, 1.807) is 0 Å². The maximum Gasteiger partial charge on any atom is 0.220 e. The van der Waals surface area contributed by atoms with Crippen LogP contribution in [0.2, 0.25) is 0 Å². The number of fused-ring (bicyclic) bond motifs is 2. The SMILES string of the molecule is CCC(N)CNC(=O)CC1CC2CCC1C2. The molecule has 0 spiro atoms. The summed E-state index contributed by atoms with van der Waals surface area (Å²) in [5.41, 5.74) is 5.78. The van der Waals surface area contributed by atoms with Gasteiger partial charge in [-0.3, -0.25) is 4.79 Å². The molecule has 0 aromatic rings. The molecule has 2 bridgehead atoms. The van der Waals surface area contributed by atoms with Gasteiger partial charge in [-0.2, -0.15) is 0 Å². The van der Waals surface area contributed by atoms with Gasteiger partial charge in [0, 0.05) is 19.0 Å². The quantitative estimate of drug-likeness (QED) is 0.746. The van der Waals surface area contributed by atoms with E-state index < -0.39 is 0 Å². The first kappa shape index (κ1) is 11.9. The predicted octanol–water partition coefficient (Wildman–Crippen LogP) is 1.67. The Hall–Kier alpha value is -0.570. The fourth-order valence-corrected chi connectivity index (χ4v) is 3.33. The van der Waals surface area contributed by atoms with Crippen LogP contribution in [-0.2, 0) is 4.79 Å². The molecule has 92 valence electrons. The van der Waals surface area contributed by atoms with Gasteiger partial charge in [0.05, 0.1) is 0 Å². The van der Waals surface area contributed by atoms with Crippen LogP contribution in [0, 0.1) is 17.8 Å². The molecule has 4 unspecified atom stereocenters. The number of hydrogen-bond acceptors (Lipinski definition) is 2. The highest BCUT2D eigenvalue weighted by Gasteiger charge is 2.39. The topological polar surface area (TPSA) is 55.1 Å². The van der Waals surface area contributed by atoms with Gasteiger partial charge in [-0.15, -0.1) is 0 Å². The second-order valence-electron chi connectivity index (χ2n) is 5.61. The molecule has 3 heteroatoms. The first-order valence-corrected chi connectivity index (χ1v) is 6.71. The molecule has 0 aromatic carbocycles. The van der Waals surface area contributed by atoms with Crippen LogP contribution in [0.25, 0.3) is 0 Å². The summed E-state index contributed by atoms with van der Waals surface area (Å²) in [7, 11) is 0. The fraction of sp³-hybridized carbons (Fsp3) is 0.923. The van der Waals surface area contributed by atoms with Gasteiger partial charge in [-0.05, 0) is 43.4 Å². The van der Waals surface area contributed by atoms with Crippen molar-refractivity contribution in [2.45, 2.75) is 51.5 Å². The zero-order valence-electron chi connectivity index (χ0n) is 10.2. The van der Waals surface area contributed by atoms with E-state index in [4.69, 9.17) is 5.73 Å². The third-order valence-corrected chi connectivity index (χ3v) is 4.42. The Morgan fingerprint density at radius 1 is 1.44 bits per heavy atom. The molecule has 2 fully saturated rings. The van der Waals surface area contributed by atoms with Crippen LogP contribution in [0.4, 0.5) is 0 Å². The highest BCUT2D eigenvalue weighted by molar-refractivity contribution is 5.76. The van der Waals surface area contributed by atoms with Crippen molar-refractivity contribution >= 4 is 5.91 Å². The van der Waals surface area contributed by atoms with E-state index in [9.17, 15) is 4.79 Å². The molecule has 2 rings (SSSR count). The standard InChI is InChI=1S/C13H24N2O/c1-2-12(14)8-15-13(16)7-11-6-9-3-4-10(11)5-9/h9-12H,2-8,14H2,1H3,(H,15,16). The molecule has 0 radical (unpaired) electrons. The summed E-state index contributed by atoms with van der Waals surface area (Å²) in [5.74, 6) is 2.65. The van der Waals surface area contributed by atoms with Crippen LogP contribution in [-0.4, -0.2) is 18.5 Å². The Kier molecular flexibility index (Phi) is 3.85. The van der Waals surface area contributed by atoms with E-state index in [-0.39, 0.29) is 11.9 Å². The van der Waals surface area contributed by atoms with Crippen LogP contribution in [0.3, 0.4) is 0 Å². The van der Waals surface area contributed by atoms with Crippen molar-refractivity contribution in [2.24, 2.45) is 23.5 Å². The van der Waals surface area contributed by atoms with E-state index in [0.717, 1.165) is 24.7 Å². The third-order valence-electron chi connectivity index (χ3n) is 4.42. The lowest BCUT2D eigenvalue weighted by molar-refractivity contribution is -0.122. The van der Waals surface area contributed by atoms with Crippen molar-refractivity contribution in [1.82, 2.24) is 5.32 Å². The summed E-state index contributed by atoms with van der Waals surface area (Å²) in [6.07, 6.45) is 7.09. The van der Waals surface area contributed by atoms with E-state index in [0.29, 0.717) is 12.5 Å². The minimum atomic E-state index is 0.115. The number of carbonyl (C=O) groups excluding carboxylic acids is 1. The van der Waals surface area contributed by atoms with Gasteiger partial charge >= 0.3 is 0 Å². The molecule has 0 aliphatic heterocycles.